The van der Waals surface area contributed by atoms with E-state index in [1.165, 1.54) is 0 Å². The molecule has 0 bridgehead atoms. The van der Waals surface area contributed by atoms with Crippen molar-refractivity contribution in [2.24, 2.45) is 0 Å². The topological polar surface area (TPSA) is 171 Å². The fraction of sp³-hybridized carbons (Fsp3) is 0.889. The molecule has 0 fully saturated rings. The van der Waals surface area contributed by atoms with Gasteiger partial charge < -0.3 is 35.7 Å². The summed E-state index contributed by atoms with van der Waals surface area (Å²) in [6.45, 7) is -2.32. The van der Waals surface area contributed by atoms with Crippen molar-refractivity contribution in [1.82, 2.24) is 5.32 Å². The second-order valence-electron chi connectivity index (χ2n) is 3.76. The van der Waals surface area contributed by atoms with Crippen LogP contribution >= 0.6 is 0 Å². The first-order valence-corrected chi connectivity index (χ1v) is 5.24. The normalized spacial score (nSPS) is 19.9. The van der Waals surface area contributed by atoms with Crippen LogP contribution in [0.5, 0.6) is 0 Å². The fourth-order valence-corrected chi connectivity index (χ4v) is 1.29. The van der Waals surface area contributed by atoms with Crippen LogP contribution in [0.15, 0.2) is 0 Å². The number of rotatable bonds is 9. The molecule has 108 valence electrons. The van der Waals surface area contributed by atoms with Crippen LogP contribution in [-0.4, -0.2) is 91.9 Å². The molecule has 0 amide bonds. The number of carboxylic acids is 1. The van der Waals surface area contributed by atoms with E-state index in [2.05, 4.69) is 5.32 Å². The molecule has 9 nitrogen and oxygen atoms in total. The SMILES string of the molecule is O=C(O)C(CO)NC(CO)C(O)C(O)C(O)CO. The van der Waals surface area contributed by atoms with Gasteiger partial charge in [-0.1, -0.05) is 0 Å². The minimum atomic E-state index is -1.77. The van der Waals surface area contributed by atoms with Gasteiger partial charge in [0.15, 0.2) is 0 Å². The van der Waals surface area contributed by atoms with E-state index in [1.54, 1.807) is 0 Å². The molecule has 0 heterocycles. The first-order valence-electron chi connectivity index (χ1n) is 5.24. The summed E-state index contributed by atoms with van der Waals surface area (Å²) in [6.07, 6.45) is -5.12. The number of aliphatic hydroxyl groups is 6. The number of carbonyl (C=O) groups is 1. The molecule has 5 atom stereocenters. The summed E-state index contributed by atoms with van der Waals surface area (Å²) in [5.41, 5.74) is 0. The largest absolute Gasteiger partial charge is 0.480 e. The Balaban J connectivity index is 4.61. The lowest BCUT2D eigenvalue weighted by atomic mass is 10.0. The van der Waals surface area contributed by atoms with Crippen LogP contribution in [0.2, 0.25) is 0 Å². The zero-order chi connectivity index (χ0) is 14.3. The molecule has 0 spiro atoms. The summed E-state index contributed by atoms with van der Waals surface area (Å²) in [6, 6.07) is -2.72. The molecule has 8 N–H and O–H groups in total. The molecule has 0 aromatic heterocycles. The van der Waals surface area contributed by atoms with Crippen LogP contribution in [-0.2, 0) is 4.79 Å². The van der Waals surface area contributed by atoms with Gasteiger partial charge in [-0.2, -0.15) is 0 Å². The van der Waals surface area contributed by atoms with Gasteiger partial charge in [-0.3, -0.25) is 10.1 Å². The third-order valence-corrected chi connectivity index (χ3v) is 2.44. The summed E-state index contributed by atoms with van der Waals surface area (Å²) in [7, 11) is 0. The van der Waals surface area contributed by atoms with Crippen molar-refractivity contribution in [2.45, 2.75) is 30.4 Å². The van der Waals surface area contributed by atoms with E-state index >= 15 is 0 Å². The molecule has 0 radical (unpaired) electrons. The lowest BCUT2D eigenvalue weighted by Gasteiger charge is -2.29. The lowest BCUT2D eigenvalue weighted by Crippen LogP contribution is -2.57. The zero-order valence-corrected chi connectivity index (χ0v) is 9.55. The highest BCUT2D eigenvalue weighted by Crippen LogP contribution is 2.06. The monoisotopic (exact) mass is 269 g/mol. The van der Waals surface area contributed by atoms with Gasteiger partial charge >= 0.3 is 5.97 Å². The quantitative estimate of drug-likeness (QED) is 0.205. The second-order valence-corrected chi connectivity index (χ2v) is 3.76. The smallest absolute Gasteiger partial charge is 0.323 e. The molecule has 0 aliphatic heterocycles. The van der Waals surface area contributed by atoms with Gasteiger partial charge in [0.25, 0.3) is 0 Å². The van der Waals surface area contributed by atoms with Gasteiger partial charge in [0.1, 0.15) is 24.4 Å². The van der Waals surface area contributed by atoms with Gasteiger partial charge in [-0.05, 0) is 0 Å². The lowest BCUT2D eigenvalue weighted by molar-refractivity contribution is -0.142. The van der Waals surface area contributed by atoms with E-state index in [9.17, 15) is 15.0 Å². The predicted molar refractivity (Wildman–Crippen MR) is 57.6 cm³/mol. The second kappa shape index (κ2) is 8.32. The summed E-state index contributed by atoms with van der Waals surface area (Å²) in [5.74, 6) is -1.40. The molecule has 0 saturated heterocycles. The zero-order valence-electron chi connectivity index (χ0n) is 9.55. The van der Waals surface area contributed by atoms with Crippen molar-refractivity contribution in [3.8, 4) is 0 Å². The van der Waals surface area contributed by atoms with Crippen LogP contribution in [0.25, 0.3) is 0 Å². The Kier molecular flexibility index (Phi) is 7.95. The van der Waals surface area contributed by atoms with Crippen molar-refractivity contribution < 1.29 is 40.5 Å². The van der Waals surface area contributed by atoms with Gasteiger partial charge in [0.05, 0.1) is 25.9 Å². The third kappa shape index (κ3) is 4.82. The molecule has 0 rings (SSSR count). The first kappa shape index (κ1) is 17.2. The Morgan fingerprint density at radius 2 is 1.50 bits per heavy atom. The van der Waals surface area contributed by atoms with Crippen molar-refractivity contribution in [2.75, 3.05) is 19.8 Å². The molecular weight excluding hydrogens is 250 g/mol. The van der Waals surface area contributed by atoms with Gasteiger partial charge in [-0.15, -0.1) is 0 Å². The molecule has 0 saturated carbocycles. The standard InChI is InChI=1S/C9H19NO8/c11-1-4(10-5(2-12)9(17)18)7(15)8(16)6(14)3-13/h4-8,10-16H,1-3H2,(H,17,18). The van der Waals surface area contributed by atoms with E-state index in [4.69, 9.17) is 25.5 Å². The Morgan fingerprint density at radius 1 is 0.944 bits per heavy atom. The minimum absolute atomic E-state index is 0.736. The van der Waals surface area contributed by atoms with E-state index in [0.29, 0.717) is 0 Å². The maximum Gasteiger partial charge on any atom is 0.323 e. The number of hydrogen-bond donors (Lipinski definition) is 8. The predicted octanol–water partition coefficient (Wildman–Crippen LogP) is -4.54. The van der Waals surface area contributed by atoms with Crippen LogP contribution in [0.3, 0.4) is 0 Å². The first-order chi connectivity index (χ1) is 8.38. The molecule has 18 heavy (non-hydrogen) atoms. The Hall–Kier alpha value is -0.810. The molecule has 9 heteroatoms. The minimum Gasteiger partial charge on any atom is -0.480 e. The Bertz CT molecular complexity index is 251. The molecule has 0 aliphatic carbocycles. The third-order valence-electron chi connectivity index (χ3n) is 2.44. The molecule has 5 unspecified atom stereocenters. The van der Waals surface area contributed by atoms with Crippen LogP contribution in [0.4, 0.5) is 0 Å². The summed E-state index contributed by atoms with van der Waals surface area (Å²) < 4.78 is 0. The molecule has 0 aliphatic rings. The van der Waals surface area contributed by atoms with Crippen molar-refractivity contribution in [1.29, 1.82) is 0 Å². The Labute approximate surface area is 103 Å². The van der Waals surface area contributed by atoms with Gasteiger partial charge in [0.2, 0.25) is 0 Å². The van der Waals surface area contributed by atoms with Crippen molar-refractivity contribution in [3.63, 3.8) is 0 Å². The number of carboxylic acid groups (broad SMARTS) is 1. The van der Waals surface area contributed by atoms with E-state index < -0.39 is 56.2 Å². The maximum atomic E-state index is 10.6. The summed E-state index contributed by atoms with van der Waals surface area (Å²) in [5, 5.41) is 65.3. The highest BCUT2D eigenvalue weighted by molar-refractivity contribution is 5.73. The number of aliphatic hydroxyl groups excluding tert-OH is 6. The summed E-state index contributed by atoms with van der Waals surface area (Å²) >= 11 is 0. The van der Waals surface area contributed by atoms with E-state index in [1.807, 2.05) is 0 Å². The van der Waals surface area contributed by atoms with Crippen LogP contribution < -0.4 is 5.32 Å². The average Bonchev–Trinajstić information content (AvgIpc) is 2.37. The molecular formula is C9H19NO8. The van der Waals surface area contributed by atoms with Gasteiger partial charge in [0, 0.05) is 0 Å². The maximum absolute atomic E-state index is 10.6. The van der Waals surface area contributed by atoms with E-state index in [-0.39, 0.29) is 0 Å². The van der Waals surface area contributed by atoms with Crippen molar-refractivity contribution >= 4 is 5.97 Å². The van der Waals surface area contributed by atoms with Crippen LogP contribution in [0, 0.1) is 0 Å². The number of aliphatic carboxylic acids is 1. The Morgan fingerprint density at radius 3 is 1.83 bits per heavy atom. The highest BCUT2D eigenvalue weighted by atomic mass is 16.4. The van der Waals surface area contributed by atoms with Gasteiger partial charge in [-0.25, -0.2) is 0 Å². The number of hydrogen-bond acceptors (Lipinski definition) is 8. The van der Waals surface area contributed by atoms with E-state index in [0.717, 1.165) is 0 Å². The molecule has 0 aromatic carbocycles. The van der Waals surface area contributed by atoms with Crippen LogP contribution in [0.1, 0.15) is 0 Å². The summed E-state index contributed by atoms with van der Waals surface area (Å²) in [4.78, 5) is 10.6. The number of nitrogens with one attached hydrogen (secondary N) is 1. The van der Waals surface area contributed by atoms with Crippen molar-refractivity contribution in [3.05, 3.63) is 0 Å². The molecule has 0 aromatic rings. The highest BCUT2D eigenvalue weighted by Gasteiger charge is 2.33. The average molecular weight is 269 g/mol. The fourth-order valence-electron chi connectivity index (χ4n) is 1.29.